The molecule has 1 rings (SSSR count). The van der Waals surface area contributed by atoms with Gasteiger partial charge in [0, 0.05) is 23.5 Å². The SMILES string of the molecule is CC(C)(C)[S@@+]([O-])N[C@@](C)(CCCO)c1ccccc1F. The molecule has 0 unspecified atom stereocenters. The zero-order chi connectivity index (χ0) is 15.4. The molecule has 0 aliphatic carbocycles. The molecular weight excluding hydrogens is 277 g/mol. The number of nitrogens with one attached hydrogen (secondary N) is 1. The molecule has 3 nitrogen and oxygen atoms in total. The van der Waals surface area contributed by atoms with E-state index in [1.54, 1.807) is 18.2 Å². The molecule has 0 fully saturated rings. The summed E-state index contributed by atoms with van der Waals surface area (Å²) in [6, 6.07) is 6.48. The van der Waals surface area contributed by atoms with Gasteiger partial charge in [-0.2, -0.15) is 0 Å². The highest BCUT2D eigenvalue weighted by atomic mass is 32.2. The molecule has 20 heavy (non-hydrogen) atoms. The molecule has 0 radical (unpaired) electrons. The van der Waals surface area contributed by atoms with Crippen molar-refractivity contribution < 1.29 is 14.0 Å². The van der Waals surface area contributed by atoms with Crippen LogP contribution in [0, 0.1) is 5.82 Å². The van der Waals surface area contributed by atoms with Gasteiger partial charge in [-0.1, -0.05) is 18.2 Å². The molecule has 0 heterocycles. The average molecular weight is 301 g/mol. The number of hydrogen-bond acceptors (Lipinski definition) is 3. The normalized spacial score (nSPS) is 16.8. The molecular formula is C15H24FNO2S. The van der Waals surface area contributed by atoms with Crippen LogP contribution >= 0.6 is 0 Å². The van der Waals surface area contributed by atoms with E-state index in [-0.39, 0.29) is 12.4 Å². The first kappa shape index (κ1) is 17.4. The predicted octanol–water partition coefficient (Wildman–Crippen LogP) is 2.87. The molecule has 1 aromatic carbocycles. The van der Waals surface area contributed by atoms with Crippen LogP contribution in [-0.4, -0.2) is 21.0 Å². The minimum atomic E-state index is -1.32. The third-order valence-electron chi connectivity index (χ3n) is 3.18. The van der Waals surface area contributed by atoms with E-state index in [2.05, 4.69) is 4.72 Å². The molecule has 0 saturated carbocycles. The maximum absolute atomic E-state index is 14.1. The summed E-state index contributed by atoms with van der Waals surface area (Å²) >= 11 is -1.32. The van der Waals surface area contributed by atoms with Crippen molar-refractivity contribution in [2.75, 3.05) is 6.61 Å². The van der Waals surface area contributed by atoms with E-state index in [4.69, 9.17) is 5.11 Å². The fourth-order valence-electron chi connectivity index (χ4n) is 1.94. The molecule has 0 aromatic heterocycles. The first-order valence-corrected chi connectivity index (χ1v) is 7.91. The maximum Gasteiger partial charge on any atom is 0.136 e. The van der Waals surface area contributed by atoms with Gasteiger partial charge < -0.3 is 9.66 Å². The van der Waals surface area contributed by atoms with Crippen molar-refractivity contribution in [1.82, 2.24) is 4.72 Å². The van der Waals surface area contributed by atoms with Crippen molar-refractivity contribution in [2.45, 2.75) is 50.8 Å². The number of halogens is 1. The predicted molar refractivity (Wildman–Crippen MR) is 81.1 cm³/mol. The number of aliphatic hydroxyl groups is 1. The Balaban J connectivity index is 3.07. The largest absolute Gasteiger partial charge is 0.598 e. The first-order valence-electron chi connectivity index (χ1n) is 6.76. The van der Waals surface area contributed by atoms with E-state index in [1.165, 1.54) is 6.07 Å². The highest BCUT2D eigenvalue weighted by molar-refractivity contribution is 7.90. The number of hydrogen-bond donors (Lipinski definition) is 2. The lowest BCUT2D eigenvalue weighted by Crippen LogP contribution is -2.50. The Morgan fingerprint density at radius 2 is 1.85 bits per heavy atom. The monoisotopic (exact) mass is 301 g/mol. The second kappa shape index (κ2) is 6.89. The van der Waals surface area contributed by atoms with Crippen molar-refractivity contribution in [1.29, 1.82) is 0 Å². The zero-order valence-corrected chi connectivity index (χ0v) is 13.4. The number of benzene rings is 1. The average Bonchev–Trinajstić information content (AvgIpc) is 2.35. The van der Waals surface area contributed by atoms with Gasteiger partial charge in [-0.3, -0.25) is 0 Å². The molecule has 2 N–H and O–H groups in total. The van der Waals surface area contributed by atoms with Gasteiger partial charge in [-0.25, -0.2) is 4.39 Å². The summed E-state index contributed by atoms with van der Waals surface area (Å²) < 4.78 is 29.0. The molecule has 0 amide bonds. The van der Waals surface area contributed by atoms with Crippen LogP contribution in [0.1, 0.15) is 46.1 Å². The molecule has 0 aliphatic heterocycles. The Morgan fingerprint density at radius 1 is 1.25 bits per heavy atom. The van der Waals surface area contributed by atoms with E-state index in [1.807, 2.05) is 27.7 Å². The van der Waals surface area contributed by atoms with Crippen molar-refractivity contribution in [3.8, 4) is 0 Å². The van der Waals surface area contributed by atoms with Crippen LogP contribution in [0.4, 0.5) is 4.39 Å². The second-order valence-corrected chi connectivity index (χ2v) is 8.09. The van der Waals surface area contributed by atoms with Gasteiger partial charge in [0.05, 0.1) is 5.54 Å². The third-order valence-corrected chi connectivity index (χ3v) is 4.93. The topological polar surface area (TPSA) is 55.3 Å². The van der Waals surface area contributed by atoms with Crippen LogP contribution in [0.3, 0.4) is 0 Å². The third kappa shape index (κ3) is 4.45. The van der Waals surface area contributed by atoms with Gasteiger partial charge in [0.15, 0.2) is 0 Å². The minimum Gasteiger partial charge on any atom is -0.598 e. The van der Waals surface area contributed by atoms with Crippen LogP contribution in [-0.2, 0) is 16.9 Å². The standard InChI is InChI=1S/C15H24FNO2S/c1-14(2,3)20(19)17-15(4,10-7-11-18)12-8-5-6-9-13(12)16/h5-6,8-9,17-18H,7,10-11H2,1-4H3/t15-,20+/m0/s1. The van der Waals surface area contributed by atoms with Gasteiger partial charge in [0.1, 0.15) is 10.6 Å². The Bertz CT molecular complexity index is 436. The van der Waals surface area contributed by atoms with Gasteiger partial charge >= 0.3 is 0 Å². The number of aliphatic hydroxyl groups excluding tert-OH is 1. The van der Waals surface area contributed by atoms with Gasteiger partial charge in [-0.15, -0.1) is 4.72 Å². The Hall–Kier alpha value is -0.620. The lowest BCUT2D eigenvalue weighted by Gasteiger charge is -2.35. The van der Waals surface area contributed by atoms with E-state index in [0.29, 0.717) is 18.4 Å². The van der Waals surface area contributed by atoms with Crippen LogP contribution in [0.5, 0.6) is 0 Å². The first-order chi connectivity index (χ1) is 9.20. The fourth-order valence-corrected chi connectivity index (χ4v) is 2.87. The molecule has 5 heteroatoms. The van der Waals surface area contributed by atoms with Crippen molar-refractivity contribution >= 4 is 11.4 Å². The summed E-state index contributed by atoms with van der Waals surface area (Å²) in [6.07, 6.45) is 1.02. The quantitative estimate of drug-likeness (QED) is 0.794. The molecule has 1 aromatic rings. The molecule has 0 bridgehead atoms. The number of rotatable bonds is 6. The van der Waals surface area contributed by atoms with Crippen LogP contribution in [0.2, 0.25) is 0 Å². The van der Waals surface area contributed by atoms with Crippen molar-refractivity contribution in [3.05, 3.63) is 35.6 Å². The molecule has 114 valence electrons. The fraction of sp³-hybridized carbons (Fsp3) is 0.600. The van der Waals surface area contributed by atoms with Crippen LogP contribution in [0.25, 0.3) is 0 Å². The summed E-state index contributed by atoms with van der Waals surface area (Å²) in [5, 5.41) is 9.04. The van der Waals surface area contributed by atoms with Gasteiger partial charge in [-0.05, 0) is 46.6 Å². The molecule has 0 spiro atoms. The summed E-state index contributed by atoms with van der Waals surface area (Å²) in [5.74, 6) is -0.327. The highest BCUT2D eigenvalue weighted by Crippen LogP contribution is 2.31. The van der Waals surface area contributed by atoms with E-state index < -0.39 is 21.6 Å². The van der Waals surface area contributed by atoms with E-state index in [9.17, 15) is 8.94 Å². The summed E-state index contributed by atoms with van der Waals surface area (Å²) in [5.41, 5.74) is -0.294. The Morgan fingerprint density at radius 3 is 2.35 bits per heavy atom. The van der Waals surface area contributed by atoms with Crippen molar-refractivity contribution in [2.24, 2.45) is 0 Å². The van der Waals surface area contributed by atoms with Gasteiger partial charge in [0.2, 0.25) is 0 Å². The Kier molecular flexibility index (Phi) is 6.01. The summed E-state index contributed by atoms with van der Waals surface area (Å²) in [6.45, 7) is 7.44. The minimum absolute atomic E-state index is 0.0217. The smallest absolute Gasteiger partial charge is 0.136 e. The van der Waals surface area contributed by atoms with Crippen LogP contribution in [0.15, 0.2) is 24.3 Å². The lowest BCUT2D eigenvalue weighted by atomic mass is 9.88. The Labute approximate surface area is 123 Å². The summed E-state index contributed by atoms with van der Waals surface area (Å²) in [4.78, 5) is 0. The summed E-state index contributed by atoms with van der Waals surface area (Å²) in [7, 11) is 0. The van der Waals surface area contributed by atoms with Gasteiger partial charge in [0.25, 0.3) is 0 Å². The zero-order valence-electron chi connectivity index (χ0n) is 12.6. The van der Waals surface area contributed by atoms with E-state index >= 15 is 0 Å². The highest BCUT2D eigenvalue weighted by Gasteiger charge is 2.38. The van der Waals surface area contributed by atoms with E-state index in [0.717, 1.165) is 0 Å². The molecule has 2 atom stereocenters. The van der Waals surface area contributed by atoms with Crippen molar-refractivity contribution in [3.63, 3.8) is 0 Å². The maximum atomic E-state index is 14.1. The molecule has 0 saturated heterocycles. The second-order valence-electron chi connectivity index (χ2n) is 6.12. The van der Waals surface area contributed by atoms with Crippen LogP contribution < -0.4 is 4.72 Å². The molecule has 0 aliphatic rings. The lowest BCUT2D eigenvalue weighted by molar-refractivity contribution is 0.257.